The predicted octanol–water partition coefficient (Wildman–Crippen LogP) is -0.122. The summed E-state index contributed by atoms with van der Waals surface area (Å²) < 4.78 is 44.8. The van der Waals surface area contributed by atoms with Crippen molar-refractivity contribution in [2.24, 2.45) is 0 Å². The van der Waals surface area contributed by atoms with Crippen LogP contribution in [0.1, 0.15) is 20.8 Å². The van der Waals surface area contributed by atoms with Gasteiger partial charge >= 0.3 is 64.5 Å². The maximum atomic E-state index is 13.1. The van der Waals surface area contributed by atoms with E-state index in [1.807, 2.05) is 0 Å². The van der Waals surface area contributed by atoms with Gasteiger partial charge in [-0.05, 0) is 38.5 Å². The van der Waals surface area contributed by atoms with Crippen LogP contribution in [0.25, 0.3) is 11.0 Å². The van der Waals surface area contributed by atoms with Gasteiger partial charge < -0.3 is 17.7 Å². The molecule has 0 aliphatic rings. The quantitative estimate of drug-likeness (QED) is 0.687. The van der Waals surface area contributed by atoms with E-state index < -0.39 is 24.3 Å². The number of fused-ring (bicyclic) bond motifs is 1. The van der Waals surface area contributed by atoms with Gasteiger partial charge in [0, 0.05) is 11.6 Å². The molecule has 0 fully saturated rings. The number of hydrogen-bond acceptors (Lipinski definition) is 3. The molecule has 0 saturated heterocycles. The number of ether oxygens (including phenoxy) is 1. The maximum absolute atomic E-state index is 13.1. The van der Waals surface area contributed by atoms with Gasteiger partial charge in [0.1, 0.15) is 11.2 Å². The summed E-state index contributed by atoms with van der Waals surface area (Å²) in [5.74, 6) is 0. The minimum absolute atomic E-state index is 0. The Labute approximate surface area is 162 Å². The van der Waals surface area contributed by atoms with Crippen LogP contribution in [-0.2, 0) is 4.74 Å². The molecule has 0 spiro atoms. The van der Waals surface area contributed by atoms with Crippen molar-refractivity contribution in [3.8, 4) is 0 Å². The van der Waals surface area contributed by atoms with Gasteiger partial charge in [0.25, 0.3) is 0 Å². The molecule has 0 unspecified atom stereocenters. The molecular weight excluding hydrogens is 311 g/mol. The van der Waals surface area contributed by atoms with E-state index in [1.165, 1.54) is 18.3 Å². The zero-order chi connectivity index (χ0) is 15.1. The minimum Gasteiger partial charge on any atom is -0.444 e. The first-order chi connectivity index (χ1) is 9.09. The molecule has 2 rings (SSSR count). The Balaban J connectivity index is 0.00000220. The zero-order valence-corrected chi connectivity index (χ0v) is 15.4. The van der Waals surface area contributed by atoms with E-state index in [0.29, 0.717) is 4.57 Å². The van der Waals surface area contributed by atoms with Crippen LogP contribution in [-0.4, -0.2) is 28.2 Å². The Morgan fingerprint density at radius 2 is 1.95 bits per heavy atom. The summed E-state index contributed by atoms with van der Waals surface area (Å²) in [4.78, 5) is 15.9. The van der Waals surface area contributed by atoms with E-state index in [0.717, 1.165) is 6.07 Å². The second-order valence-electron chi connectivity index (χ2n) is 5.38. The molecule has 0 aliphatic carbocycles. The third-order valence-electron chi connectivity index (χ3n) is 2.50. The van der Waals surface area contributed by atoms with Crippen molar-refractivity contribution >= 4 is 29.7 Å². The largest absolute Gasteiger partial charge is 1.00 e. The van der Waals surface area contributed by atoms with Crippen molar-refractivity contribution in [2.45, 2.75) is 26.4 Å². The molecule has 4 nitrogen and oxygen atoms in total. The van der Waals surface area contributed by atoms with Crippen LogP contribution in [0.5, 0.6) is 0 Å². The summed E-state index contributed by atoms with van der Waals surface area (Å²) in [5.41, 5.74) is -1.98. The van der Waals surface area contributed by atoms with Crippen molar-refractivity contribution in [2.75, 3.05) is 0 Å². The Hall–Kier alpha value is -0.349. The Bertz CT molecular complexity index is 665. The molecule has 0 aliphatic heterocycles. The predicted molar refractivity (Wildman–Crippen MR) is 70.1 cm³/mol. The number of nitrogens with zero attached hydrogens (tertiary/aromatic N) is 2. The first-order valence-electron chi connectivity index (χ1n) is 5.99. The Kier molecular flexibility index (Phi) is 5.71. The molecule has 2 heterocycles. The number of aromatic nitrogens is 2. The molecule has 108 valence electrons. The van der Waals surface area contributed by atoms with Gasteiger partial charge in [-0.2, -0.15) is 0 Å². The molecular formula is C12H13BF3KN2O2. The number of carbonyl (C=O) groups is 1. The van der Waals surface area contributed by atoms with Crippen LogP contribution < -0.4 is 57.0 Å². The smallest absolute Gasteiger partial charge is 0.444 e. The van der Waals surface area contributed by atoms with Gasteiger partial charge in [-0.15, -0.1) is 0 Å². The summed E-state index contributed by atoms with van der Waals surface area (Å²) in [6.45, 7) is -0.590. The first-order valence-corrected chi connectivity index (χ1v) is 5.99. The number of pyridine rings is 1. The normalized spacial score (nSPS) is 12.1. The van der Waals surface area contributed by atoms with Gasteiger partial charge in [-0.1, -0.05) is 6.07 Å². The first kappa shape index (κ1) is 18.7. The van der Waals surface area contributed by atoms with E-state index in [1.54, 1.807) is 20.8 Å². The number of carbonyl (C=O) groups excluding carboxylic acids is 1. The van der Waals surface area contributed by atoms with Gasteiger partial charge in [0.2, 0.25) is 0 Å². The van der Waals surface area contributed by atoms with Crippen molar-refractivity contribution < 1.29 is 73.9 Å². The van der Waals surface area contributed by atoms with E-state index in [2.05, 4.69) is 4.98 Å². The molecule has 21 heavy (non-hydrogen) atoms. The fourth-order valence-electron chi connectivity index (χ4n) is 1.80. The second kappa shape index (κ2) is 6.41. The summed E-state index contributed by atoms with van der Waals surface area (Å²) in [5, 5.41) is 0.243. The average molecular weight is 324 g/mol. The molecule has 0 atom stereocenters. The van der Waals surface area contributed by atoms with E-state index >= 15 is 0 Å². The standard InChI is InChI=1S/C12H13BF3N2O2.K/c1-12(2,3)20-11(19)18-9(13(14,15)16)7-8-5-4-6-17-10(8)18;/h4-7H,1-3H3;/q-1;+1. The molecule has 0 amide bonds. The molecule has 0 bridgehead atoms. The van der Waals surface area contributed by atoms with Crippen LogP contribution in [0.15, 0.2) is 24.4 Å². The van der Waals surface area contributed by atoms with Crippen LogP contribution in [0, 0.1) is 0 Å². The summed E-state index contributed by atoms with van der Waals surface area (Å²) in [6, 6.07) is 3.88. The third-order valence-corrected chi connectivity index (χ3v) is 2.50. The molecule has 0 aromatic carbocycles. The Morgan fingerprint density at radius 3 is 2.48 bits per heavy atom. The minimum atomic E-state index is -5.35. The van der Waals surface area contributed by atoms with E-state index in [4.69, 9.17) is 4.74 Å². The SMILES string of the molecule is CC(C)(C)OC(=O)n1c([B-](F)(F)F)cc2cccnc21.[K+]. The van der Waals surface area contributed by atoms with Crippen molar-refractivity contribution in [1.82, 2.24) is 9.55 Å². The second-order valence-corrected chi connectivity index (χ2v) is 5.38. The molecule has 2 aromatic rings. The van der Waals surface area contributed by atoms with E-state index in [-0.39, 0.29) is 62.4 Å². The van der Waals surface area contributed by atoms with Crippen LogP contribution in [0.4, 0.5) is 17.7 Å². The van der Waals surface area contributed by atoms with Crippen molar-refractivity contribution in [1.29, 1.82) is 0 Å². The van der Waals surface area contributed by atoms with Crippen molar-refractivity contribution in [3.05, 3.63) is 24.4 Å². The summed E-state index contributed by atoms with van der Waals surface area (Å²) in [7, 11) is 0. The van der Waals surface area contributed by atoms with Crippen LogP contribution in [0.3, 0.4) is 0 Å². The fourth-order valence-corrected chi connectivity index (χ4v) is 1.80. The topological polar surface area (TPSA) is 44.1 Å². The van der Waals surface area contributed by atoms with Crippen LogP contribution >= 0.6 is 0 Å². The fraction of sp³-hybridized carbons (Fsp3) is 0.333. The zero-order valence-electron chi connectivity index (χ0n) is 12.2. The number of hydrogen-bond donors (Lipinski definition) is 0. The molecule has 2 aromatic heterocycles. The molecule has 9 heteroatoms. The van der Waals surface area contributed by atoms with Gasteiger partial charge in [0.15, 0.2) is 0 Å². The van der Waals surface area contributed by atoms with Gasteiger partial charge in [0.05, 0.1) is 0 Å². The molecule has 0 saturated carbocycles. The molecule has 0 radical (unpaired) electrons. The van der Waals surface area contributed by atoms with Gasteiger partial charge in [-0.25, -0.2) is 9.78 Å². The monoisotopic (exact) mass is 324 g/mol. The summed E-state index contributed by atoms with van der Waals surface area (Å²) >= 11 is 0. The van der Waals surface area contributed by atoms with E-state index in [9.17, 15) is 17.7 Å². The average Bonchev–Trinajstić information content (AvgIpc) is 2.65. The maximum Gasteiger partial charge on any atom is 1.00 e. The van der Waals surface area contributed by atoms with Crippen molar-refractivity contribution in [3.63, 3.8) is 0 Å². The Morgan fingerprint density at radius 1 is 1.33 bits per heavy atom. The molecule has 0 N–H and O–H groups in total. The third kappa shape index (κ3) is 4.32. The van der Waals surface area contributed by atoms with Gasteiger partial charge in [-0.3, -0.25) is 4.57 Å². The number of halogens is 3. The summed E-state index contributed by atoms with van der Waals surface area (Å²) in [6.07, 6.45) is 0.247. The number of rotatable bonds is 1. The van der Waals surface area contributed by atoms with Crippen LogP contribution in [0.2, 0.25) is 0 Å².